The van der Waals surface area contributed by atoms with E-state index in [1.807, 2.05) is 61.0 Å². The van der Waals surface area contributed by atoms with Crippen molar-refractivity contribution in [2.45, 2.75) is 43.0 Å². The lowest BCUT2D eigenvalue weighted by molar-refractivity contribution is 0.509. The van der Waals surface area contributed by atoms with Gasteiger partial charge in [-0.3, -0.25) is 0 Å². The van der Waals surface area contributed by atoms with E-state index in [-0.39, 0.29) is 5.25 Å². The van der Waals surface area contributed by atoms with Crippen LogP contribution >= 0.6 is 11.8 Å². The van der Waals surface area contributed by atoms with Gasteiger partial charge in [0, 0.05) is 11.5 Å². The molecule has 1 aliphatic rings. The molecule has 5 rings (SSSR count). The minimum atomic E-state index is -0.0419. The molecule has 0 unspecified atom stereocenters. The monoisotopic (exact) mass is 403 g/mol. The van der Waals surface area contributed by atoms with E-state index >= 15 is 0 Å². The van der Waals surface area contributed by atoms with Crippen molar-refractivity contribution < 1.29 is 4.42 Å². The van der Waals surface area contributed by atoms with Gasteiger partial charge < -0.3 is 4.42 Å². The van der Waals surface area contributed by atoms with E-state index in [9.17, 15) is 0 Å². The maximum absolute atomic E-state index is 5.93. The van der Waals surface area contributed by atoms with E-state index in [2.05, 4.69) is 22.3 Å². The summed E-state index contributed by atoms with van der Waals surface area (Å²) in [5, 5.41) is 13.9. The fourth-order valence-electron chi connectivity index (χ4n) is 3.22. The number of nitrogens with zero attached hydrogens (tertiary/aromatic N) is 5. The Bertz CT molecular complexity index is 1130. The summed E-state index contributed by atoms with van der Waals surface area (Å²) in [5.41, 5.74) is 3.14. The van der Waals surface area contributed by atoms with Crippen molar-refractivity contribution in [2.24, 2.45) is 0 Å². The van der Waals surface area contributed by atoms with Crippen LogP contribution in [-0.2, 0) is 0 Å². The van der Waals surface area contributed by atoms with E-state index in [0.29, 0.717) is 17.7 Å². The van der Waals surface area contributed by atoms with Crippen LogP contribution in [0, 0.1) is 6.92 Å². The highest BCUT2D eigenvalue weighted by molar-refractivity contribution is 7.99. The van der Waals surface area contributed by atoms with Crippen molar-refractivity contribution in [3.8, 4) is 17.1 Å². The van der Waals surface area contributed by atoms with Gasteiger partial charge in [0.1, 0.15) is 5.82 Å². The van der Waals surface area contributed by atoms with Gasteiger partial charge in [-0.2, -0.15) is 0 Å². The lowest BCUT2D eigenvalue weighted by Crippen LogP contribution is -2.01. The average molecular weight is 404 g/mol. The molecule has 2 aromatic carbocycles. The molecule has 7 heteroatoms. The fraction of sp³-hybridized carbons (Fsp3) is 0.273. The zero-order valence-electron chi connectivity index (χ0n) is 16.3. The third kappa shape index (κ3) is 3.82. The number of para-hydroxylation sites is 1. The second-order valence-corrected chi connectivity index (χ2v) is 8.66. The second kappa shape index (κ2) is 7.48. The lowest BCUT2D eigenvalue weighted by atomic mass is 10.1. The number of benzene rings is 2. The molecule has 2 aromatic heterocycles. The van der Waals surface area contributed by atoms with Crippen LogP contribution in [0.5, 0.6) is 0 Å². The summed E-state index contributed by atoms with van der Waals surface area (Å²) in [5.74, 6) is 2.66. The Morgan fingerprint density at radius 3 is 2.66 bits per heavy atom. The smallest absolute Gasteiger partial charge is 0.247 e. The van der Waals surface area contributed by atoms with Gasteiger partial charge in [0.25, 0.3) is 0 Å². The normalized spacial score (nSPS) is 14.8. The van der Waals surface area contributed by atoms with Crippen molar-refractivity contribution >= 4 is 11.8 Å². The zero-order valence-corrected chi connectivity index (χ0v) is 17.1. The summed E-state index contributed by atoms with van der Waals surface area (Å²) in [6.07, 6.45) is 2.35. The second-order valence-electron chi connectivity index (χ2n) is 7.35. The highest BCUT2D eigenvalue weighted by Crippen LogP contribution is 2.41. The molecule has 1 saturated carbocycles. The standard InChI is InChI=1S/C22H21N5OS/c1-14-7-6-8-17(13-14)21-25-24-20(28-21)15(2)29-22-23-19(16-11-12-16)27(26-22)18-9-4-3-5-10-18/h3-10,13,15-16H,11-12H2,1-2H3/t15-/m1/s1. The first kappa shape index (κ1) is 18.1. The van der Waals surface area contributed by atoms with Crippen LogP contribution < -0.4 is 0 Å². The molecule has 4 aromatic rings. The molecule has 0 aliphatic heterocycles. The van der Waals surface area contributed by atoms with Gasteiger partial charge in [-0.1, -0.05) is 47.7 Å². The molecule has 0 amide bonds. The summed E-state index contributed by atoms with van der Waals surface area (Å²) < 4.78 is 7.91. The highest BCUT2D eigenvalue weighted by Gasteiger charge is 2.31. The molecule has 0 spiro atoms. The van der Waals surface area contributed by atoms with Gasteiger partial charge >= 0.3 is 0 Å². The minimum Gasteiger partial charge on any atom is -0.419 e. The van der Waals surface area contributed by atoms with E-state index < -0.39 is 0 Å². The average Bonchev–Trinajstić information content (AvgIpc) is 3.30. The first-order chi connectivity index (χ1) is 14.2. The highest BCUT2D eigenvalue weighted by atomic mass is 32.2. The molecule has 146 valence electrons. The molecular weight excluding hydrogens is 382 g/mol. The predicted octanol–water partition coefficient (Wildman–Crippen LogP) is 5.36. The maximum Gasteiger partial charge on any atom is 0.247 e. The Morgan fingerprint density at radius 2 is 1.90 bits per heavy atom. The molecular formula is C22H21N5OS. The number of thioether (sulfide) groups is 1. The van der Waals surface area contributed by atoms with Crippen molar-refractivity contribution in [1.29, 1.82) is 0 Å². The van der Waals surface area contributed by atoms with Gasteiger partial charge in [0.2, 0.25) is 16.9 Å². The predicted molar refractivity (Wildman–Crippen MR) is 112 cm³/mol. The summed E-state index contributed by atoms with van der Waals surface area (Å²) in [4.78, 5) is 4.82. The van der Waals surface area contributed by atoms with E-state index in [1.165, 1.54) is 12.8 Å². The molecule has 0 saturated heterocycles. The Morgan fingerprint density at radius 1 is 1.07 bits per heavy atom. The number of aromatic nitrogens is 5. The number of hydrogen-bond donors (Lipinski definition) is 0. The summed E-state index contributed by atoms with van der Waals surface area (Å²) in [7, 11) is 0. The van der Waals surface area contributed by atoms with Crippen LogP contribution in [0.2, 0.25) is 0 Å². The number of aryl methyl sites for hydroxylation is 1. The summed E-state index contributed by atoms with van der Waals surface area (Å²) >= 11 is 1.54. The third-order valence-corrected chi connectivity index (χ3v) is 5.83. The molecule has 0 N–H and O–H groups in total. The van der Waals surface area contributed by atoms with Gasteiger partial charge in [-0.05, 0) is 51.0 Å². The molecule has 0 radical (unpaired) electrons. The van der Waals surface area contributed by atoms with Crippen molar-refractivity contribution in [1.82, 2.24) is 25.0 Å². The largest absolute Gasteiger partial charge is 0.419 e. The minimum absolute atomic E-state index is 0.0419. The molecule has 2 heterocycles. The Balaban J connectivity index is 1.38. The molecule has 1 atom stereocenters. The molecule has 1 fully saturated rings. The van der Waals surface area contributed by atoms with Gasteiger partial charge in [-0.25, -0.2) is 9.67 Å². The van der Waals surface area contributed by atoms with Crippen LogP contribution in [0.4, 0.5) is 0 Å². The first-order valence-electron chi connectivity index (χ1n) is 9.77. The summed E-state index contributed by atoms with van der Waals surface area (Å²) in [6, 6.07) is 18.2. The van der Waals surface area contributed by atoms with Crippen molar-refractivity contribution in [3.63, 3.8) is 0 Å². The van der Waals surface area contributed by atoms with E-state index in [4.69, 9.17) is 14.5 Å². The van der Waals surface area contributed by atoms with Crippen LogP contribution in [0.15, 0.2) is 64.2 Å². The van der Waals surface area contributed by atoms with Crippen LogP contribution in [0.25, 0.3) is 17.1 Å². The Labute approximate surface area is 173 Å². The molecule has 29 heavy (non-hydrogen) atoms. The first-order valence-corrected chi connectivity index (χ1v) is 10.6. The number of rotatable bonds is 6. The molecule has 6 nitrogen and oxygen atoms in total. The van der Waals surface area contributed by atoms with Gasteiger partial charge in [-0.15, -0.1) is 15.3 Å². The Hall–Kier alpha value is -2.93. The summed E-state index contributed by atoms with van der Waals surface area (Å²) in [6.45, 7) is 4.09. The van der Waals surface area contributed by atoms with Crippen LogP contribution in [-0.4, -0.2) is 25.0 Å². The fourth-order valence-corrected chi connectivity index (χ4v) is 4.01. The van der Waals surface area contributed by atoms with Gasteiger partial charge in [0.15, 0.2) is 0 Å². The van der Waals surface area contributed by atoms with Crippen molar-refractivity contribution in [2.75, 3.05) is 0 Å². The maximum atomic E-state index is 5.93. The SMILES string of the molecule is Cc1cccc(-c2nnc([C@@H](C)Sc3nc(C4CC4)n(-c4ccccc4)n3)o2)c1. The number of hydrogen-bond acceptors (Lipinski definition) is 6. The molecule has 1 aliphatic carbocycles. The topological polar surface area (TPSA) is 69.6 Å². The van der Waals surface area contributed by atoms with Crippen LogP contribution in [0.1, 0.15) is 48.2 Å². The third-order valence-electron chi connectivity index (χ3n) is 4.89. The lowest BCUT2D eigenvalue weighted by Gasteiger charge is -2.04. The van der Waals surface area contributed by atoms with Crippen LogP contribution in [0.3, 0.4) is 0 Å². The zero-order chi connectivity index (χ0) is 19.8. The van der Waals surface area contributed by atoms with Crippen molar-refractivity contribution in [3.05, 3.63) is 71.9 Å². The quantitative estimate of drug-likeness (QED) is 0.404. The Kier molecular flexibility index (Phi) is 4.67. The molecule has 0 bridgehead atoms. The van der Waals surface area contributed by atoms with Gasteiger partial charge in [0.05, 0.1) is 10.9 Å². The van der Waals surface area contributed by atoms with E-state index in [0.717, 1.165) is 27.8 Å². The van der Waals surface area contributed by atoms with E-state index in [1.54, 1.807) is 11.8 Å².